The third kappa shape index (κ3) is 2.46. The molecule has 0 aliphatic heterocycles. The number of hydrogen-bond acceptors (Lipinski definition) is 5. The summed E-state index contributed by atoms with van der Waals surface area (Å²) in [6.45, 7) is 2.15. The summed E-state index contributed by atoms with van der Waals surface area (Å²) in [6.07, 6.45) is 5.42. The van der Waals surface area contributed by atoms with Crippen molar-refractivity contribution in [2.24, 2.45) is 0 Å². The zero-order valence-electron chi connectivity index (χ0n) is 14.1. The zero-order chi connectivity index (χ0) is 17.5. The van der Waals surface area contributed by atoms with E-state index in [9.17, 15) is 0 Å². The molecule has 0 aliphatic carbocycles. The summed E-state index contributed by atoms with van der Waals surface area (Å²) in [5.41, 5.74) is 5.61. The van der Waals surface area contributed by atoms with Gasteiger partial charge in [-0.3, -0.25) is 4.98 Å². The fourth-order valence-corrected chi connectivity index (χ4v) is 3.81. The van der Waals surface area contributed by atoms with Crippen LogP contribution in [-0.4, -0.2) is 24.5 Å². The fraction of sp³-hybridized carbons (Fsp3) is 0.100. The first-order valence-electron chi connectivity index (χ1n) is 8.36. The third-order valence-corrected chi connectivity index (χ3v) is 5.31. The summed E-state index contributed by atoms with van der Waals surface area (Å²) in [5, 5.41) is 5.26. The van der Waals surface area contributed by atoms with Crippen LogP contribution in [0.5, 0.6) is 0 Å². The first-order valence-corrected chi connectivity index (χ1v) is 9.31. The molecular weight excluding hydrogens is 342 g/mol. The standard InChI is InChI=1S/C20H15N5S/c1-13(14-4-5-17-15(9-14)3-2-7-21-17)25-12-23-19-20(25)24-18(10-22-19)16-6-8-26-11-16/h2-13H,1H3. The second-order valence-electron chi connectivity index (χ2n) is 6.20. The van der Waals surface area contributed by atoms with Gasteiger partial charge in [0, 0.05) is 22.5 Å². The van der Waals surface area contributed by atoms with Crippen LogP contribution in [0.4, 0.5) is 0 Å². The van der Waals surface area contributed by atoms with Crippen LogP contribution in [0.15, 0.2) is 65.9 Å². The van der Waals surface area contributed by atoms with Gasteiger partial charge >= 0.3 is 0 Å². The zero-order valence-corrected chi connectivity index (χ0v) is 14.9. The lowest BCUT2D eigenvalue weighted by molar-refractivity contribution is 0.653. The topological polar surface area (TPSA) is 56.5 Å². The average molecular weight is 357 g/mol. The number of imidazole rings is 1. The maximum Gasteiger partial charge on any atom is 0.197 e. The van der Waals surface area contributed by atoms with Crippen molar-refractivity contribution in [2.75, 3.05) is 0 Å². The SMILES string of the molecule is CC(c1ccc2ncccc2c1)n1cnc2ncc(-c3ccsc3)nc21. The van der Waals surface area contributed by atoms with Crippen molar-refractivity contribution in [3.05, 3.63) is 71.4 Å². The Kier molecular flexibility index (Phi) is 3.50. The number of nitrogens with zero attached hydrogens (tertiary/aromatic N) is 5. The molecule has 0 aliphatic rings. The van der Waals surface area contributed by atoms with E-state index in [-0.39, 0.29) is 6.04 Å². The third-order valence-electron chi connectivity index (χ3n) is 4.63. The van der Waals surface area contributed by atoms with Crippen LogP contribution in [0.3, 0.4) is 0 Å². The highest BCUT2D eigenvalue weighted by Gasteiger charge is 2.15. The summed E-state index contributed by atoms with van der Waals surface area (Å²) in [4.78, 5) is 18.1. The van der Waals surface area contributed by atoms with Crippen LogP contribution >= 0.6 is 11.3 Å². The van der Waals surface area contributed by atoms with Crippen molar-refractivity contribution in [1.82, 2.24) is 24.5 Å². The molecule has 6 heteroatoms. The number of fused-ring (bicyclic) bond motifs is 2. The van der Waals surface area contributed by atoms with Crippen molar-refractivity contribution >= 4 is 33.5 Å². The maximum atomic E-state index is 4.82. The molecule has 4 aromatic heterocycles. The lowest BCUT2D eigenvalue weighted by atomic mass is 10.1. The van der Waals surface area contributed by atoms with Crippen LogP contribution < -0.4 is 0 Å². The van der Waals surface area contributed by atoms with Gasteiger partial charge < -0.3 is 4.57 Å². The highest BCUT2D eigenvalue weighted by atomic mass is 32.1. The van der Waals surface area contributed by atoms with Crippen molar-refractivity contribution < 1.29 is 0 Å². The van der Waals surface area contributed by atoms with E-state index < -0.39 is 0 Å². The minimum atomic E-state index is 0.0941. The fourth-order valence-electron chi connectivity index (χ4n) is 3.16. The Balaban J connectivity index is 1.61. The molecule has 0 saturated carbocycles. The minimum absolute atomic E-state index is 0.0941. The second kappa shape index (κ2) is 6.00. The second-order valence-corrected chi connectivity index (χ2v) is 6.98. The van der Waals surface area contributed by atoms with Gasteiger partial charge in [-0.05, 0) is 42.1 Å². The lowest BCUT2D eigenvalue weighted by Gasteiger charge is -2.15. The Morgan fingerprint density at radius 2 is 2.04 bits per heavy atom. The number of aromatic nitrogens is 5. The van der Waals surface area contributed by atoms with E-state index in [1.54, 1.807) is 17.5 Å². The summed E-state index contributed by atoms with van der Waals surface area (Å²) < 4.78 is 2.08. The molecular formula is C20H15N5S. The summed E-state index contributed by atoms with van der Waals surface area (Å²) in [5.74, 6) is 0. The predicted molar refractivity (Wildman–Crippen MR) is 104 cm³/mol. The van der Waals surface area contributed by atoms with Gasteiger partial charge in [0.05, 0.1) is 29.8 Å². The molecule has 5 aromatic rings. The molecule has 0 radical (unpaired) electrons. The molecule has 0 N–H and O–H groups in total. The van der Waals surface area contributed by atoms with E-state index in [4.69, 9.17) is 4.98 Å². The molecule has 0 bridgehead atoms. The molecule has 126 valence electrons. The van der Waals surface area contributed by atoms with E-state index >= 15 is 0 Å². The lowest BCUT2D eigenvalue weighted by Crippen LogP contribution is -2.06. The molecule has 1 unspecified atom stereocenters. The van der Waals surface area contributed by atoms with E-state index in [1.807, 2.05) is 24.0 Å². The van der Waals surface area contributed by atoms with Gasteiger partial charge in [0.1, 0.15) is 0 Å². The first kappa shape index (κ1) is 15.2. The number of benzene rings is 1. The van der Waals surface area contributed by atoms with Crippen molar-refractivity contribution in [1.29, 1.82) is 0 Å². The number of hydrogen-bond donors (Lipinski definition) is 0. The Morgan fingerprint density at radius 3 is 2.92 bits per heavy atom. The minimum Gasteiger partial charge on any atom is -0.307 e. The Morgan fingerprint density at radius 1 is 1.08 bits per heavy atom. The molecule has 1 atom stereocenters. The largest absolute Gasteiger partial charge is 0.307 e. The summed E-state index contributed by atoms with van der Waals surface area (Å²) >= 11 is 1.65. The van der Waals surface area contributed by atoms with E-state index in [0.717, 1.165) is 27.8 Å². The summed E-state index contributed by atoms with van der Waals surface area (Å²) in [7, 11) is 0. The van der Waals surface area contributed by atoms with Crippen LogP contribution in [0.25, 0.3) is 33.5 Å². The van der Waals surface area contributed by atoms with Gasteiger partial charge in [-0.15, -0.1) is 0 Å². The van der Waals surface area contributed by atoms with E-state index in [0.29, 0.717) is 5.65 Å². The van der Waals surface area contributed by atoms with Crippen molar-refractivity contribution in [3.63, 3.8) is 0 Å². The predicted octanol–water partition coefficient (Wildman–Crippen LogP) is 4.71. The van der Waals surface area contributed by atoms with Crippen LogP contribution in [-0.2, 0) is 0 Å². The van der Waals surface area contributed by atoms with Gasteiger partial charge in [-0.25, -0.2) is 15.0 Å². The van der Waals surface area contributed by atoms with Gasteiger partial charge in [-0.1, -0.05) is 12.1 Å². The van der Waals surface area contributed by atoms with Crippen LogP contribution in [0.1, 0.15) is 18.5 Å². The number of pyridine rings is 1. The maximum absolute atomic E-state index is 4.82. The first-order chi connectivity index (χ1) is 12.8. The van der Waals surface area contributed by atoms with Gasteiger partial charge in [0.25, 0.3) is 0 Å². The van der Waals surface area contributed by atoms with Gasteiger partial charge in [0.15, 0.2) is 11.3 Å². The highest BCUT2D eigenvalue weighted by Crippen LogP contribution is 2.26. The van der Waals surface area contributed by atoms with E-state index in [2.05, 4.69) is 62.2 Å². The molecule has 0 saturated heterocycles. The Labute approximate surface area is 154 Å². The Hall–Kier alpha value is -3.12. The molecule has 1 aromatic carbocycles. The summed E-state index contributed by atoms with van der Waals surface area (Å²) in [6, 6.07) is 12.5. The molecule has 0 amide bonds. The quantitative estimate of drug-likeness (QED) is 0.469. The molecule has 4 heterocycles. The molecule has 0 fully saturated rings. The molecule has 5 rings (SSSR count). The van der Waals surface area contributed by atoms with Gasteiger partial charge in [0.2, 0.25) is 0 Å². The Bertz CT molecular complexity index is 1210. The van der Waals surface area contributed by atoms with E-state index in [1.165, 1.54) is 5.56 Å². The molecule has 0 spiro atoms. The van der Waals surface area contributed by atoms with Crippen LogP contribution in [0, 0.1) is 0 Å². The number of rotatable bonds is 3. The number of thiophene rings is 1. The normalized spacial score (nSPS) is 12.7. The molecule has 5 nitrogen and oxygen atoms in total. The monoisotopic (exact) mass is 357 g/mol. The average Bonchev–Trinajstić information content (AvgIpc) is 3.36. The highest BCUT2D eigenvalue weighted by molar-refractivity contribution is 7.08. The van der Waals surface area contributed by atoms with Gasteiger partial charge in [-0.2, -0.15) is 11.3 Å². The smallest absolute Gasteiger partial charge is 0.197 e. The van der Waals surface area contributed by atoms with Crippen molar-refractivity contribution in [2.45, 2.75) is 13.0 Å². The van der Waals surface area contributed by atoms with Crippen molar-refractivity contribution in [3.8, 4) is 11.3 Å². The van der Waals surface area contributed by atoms with Crippen LogP contribution in [0.2, 0.25) is 0 Å². The molecule has 26 heavy (non-hydrogen) atoms.